The number of nitrogens with zero attached hydrogens (tertiary/aromatic N) is 1. The van der Waals surface area contributed by atoms with Crippen LogP contribution in [0.15, 0.2) is 30.3 Å². The number of nitrogens with one attached hydrogen (secondary N) is 1. The maximum absolute atomic E-state index is 12.7. The van der Waals surface area contributed by atoms with Gasteiger partial charge in [0.05, 0.1) is 0 Å². The number of hydrogen-bond donors (Lipinski definition) is 2. The van der Waals surface area contributed by atoms with E-state index in [2.05, 4.69) is 4.72 Å². The summed E-state index contributed by atoms with van der Waals surface area (Å²) in [6, 6.07) is 9.49. The maximum atomic E-state index is 12.7. The Morgan fingerprint density at radius 2 is 1.87 bits per heavy atom. The number of nitrogens with two attached hydrogens (primary N) is 1. The standard InChI is InChI=1S/C16H27N3O2S.ClH/c1-2-19(13-14-8-4-3-5-9-14)22(20,21)18-16(12-17)15-10-6-7-11-15;/h3-5,8-9,15-16,18H,2,6-7,10-13,17H2,1H3;1H. The molecule has 132 valence electrons. The molecule has 0 bridgehead atoms. The molecule has 1 aromatic rings. The molecular formula is C16H28ClN3O2S. The van der Waals surface area contributed by atoms with Gasteiger partial charge in [0.15, 0.2) is 0 Å². The van der Waals surface area contributed by atoms with Crippen LogP contribution in [-0.4, -0.2) is 31.9 Å². The minimum absolute atomic E-state index is 0. The second-order valence-corrected chi connectivity index (χ2v) is 7.62. The van der Waals surface area contributed by atoms with Crippen LogP contribution in [0.4, 0.5) is 0 Å². The molecular weight excluding hydrogens is 334 g/mol. The van der Waals surface area contributed by atoms with E-state index in [0.717, 1.165) is 18.4 Å². The van der Waals surface area contributed by atoms with Crippen LogP contribution in [0.2, 0.25) is 0 Å². The van der Waals surface area contributed by atoms with Gasteiger partial charge in [0, 0.05) is 25.7 Å². The Bertz CT molecular complexity index is 548. The average Bonchev–Trinajstić information content (AvgIpc) is 3.05. The van der Waals surface area contributed by atoms with Crippen molar-refractivity contribution in [2.45, 2.75) is 45.2 Å². The van der Waals surface area contributed by atoms with Crippen molar-refractivity contribution in [1.29, 1.82) is 0 Å². The molecule has 1 saturated carbocycles. The van der Waals surface area contributed by atoms with Gasteiger partial charge in [0.2, 0.25) is 0 Å². The zero-order valence-electron chi connectivity index (χ0n) is 13.6. The maximum Gasteiger partial charge on any atom is 0.280 e. The lowest BCUT2D eigenvalue weighted by Gasteiger charge is -2.27. The molecule has 5 nitrogen and oxygen atoms in total. The molecule has 1 aliphatic carbocycles. The van der Waals surface area contributed by atoms with Gasteiger partial charge in [-0.2, -0.15) is 17.4 Å². The molecule has 0 saturated heterocycles. The fourth-order valence-corrected chi connectivity index (χ4v) is 4.60. The van der Waals surface area contributed by atoms with Gasteiger partial charge >= 0.3 is 0 Å². The van der Waals surface area contributed by atoms with E-state index in [-0.39, 0.29) is 18.4 Å². The summed E-state index contributed by atoms with van der Waals surface area (Å²) in [6.45, 7) is 3.03. The molecule has 0 amide bonds. The minimum atomic E-state index is -3.52. The lowest BCUT2D eigenvalue weighted by atomic mass is 9.99. The third-order valence-corrected chi connectivity index (χ3v) is 6.09. The van der Waals surface area contributed by atoms with E-state index >= 15 is 0 Å². The lowest BCUT2D eigenvalue weighted by molar-refractivity contribution is 0.370. The molecule has 1 atom stereocenters. The van der Waals surface area contributed by atoms with Crippen molar-refractivity contribution in [3.05, 3.63) is 35.9 Å². The van der Waals surface area contributed by atoms with Crippen LogP contribution >= 0.6 is 12.4 Å². The SMILES string of the molecule is CCN(Cc1ccccc1)S(=O)(=O)NC(CN)C1CCCC1.Cl. The second kappa shape index (κ2) is 9.59. The highest BCUT2D eigenvalue weighted by atomic mass is 35.5. The van der Waals surface area contributed by atoms with Crippen molar-refractivity contribution in [3.8, 4) is 0 Å². The van der Waals surface area contributed by atoms with E-state index < -0.39 is 10.2 Å². The summed E-state index contributed by atoms with van der Waals surface area (Å²) < 4.78 is 29.6. The Morgan fingerprint density at radius 1 is 1.26 bits per heavy atom. The van der Waals surface area contributed by atoms with Gasteiger partial charge in [-0.3, -0.25) is 0 Å². The van der Waals surface area contributed by atoms with Crippen LogP contribution in [0.25, 0.3) is 0 Å². The quantitative estimate of drug-likeness (QED) is 0.745. The number of benzene rings is 1. The Morgan fingerprint density at radius 3 is 2.39 bits per heavy atom. The summed E-state index contributed by atoms with van der Waals surface area (Å²) in [6.07, 6.45) is 4.47. The molecule has 23 heavy (non-hydrogen) atoms. The van der Waals surface area contributed by atoms with E-state index in [0.29, 0.717) is 25.6 Å². The smallest absolute Gasteiger partial charge is 0.280 e. The summed E-state index contributed by atoms with van der Waals surface area (Å²) >= 11 is 0. The predicted molar refractivity (Wildman–Crippen MR) is 96.6 cm³/mol. The van der Waals surface area contributed by atoms with Gasteiger partial charge in [-0.05, 0) is 24.3 Å². The van der Waals surface area contributed by atoms with Gasteiger partial charge < -0.3 is 5.73 Å². The van der Waals surface area contributed by atoms with Gasteiger partial charge in [-0.1, -0.05) is 50.1 Å². The first kappa shape index (κ1) is 20.4. The van der Waals surface area contributed by atoms with E-state index in [4.69, 9.17) is 5.73 Å². The second-order valence-electron chi connectivity index (χ2n) is 5.92. The van der Waals surface area contributed by atoms with Gasteiger partial charge in [0.25, 0.3) is 10.2 Å². The molecule has 1 unspecified atom stereocenters. The first-order chi connectivity index (χ1) is 10.6. The molecule has 3 N–H and O–H groups in total. The molecule has 0 heterocycles. The summed E-state index contributed by atoms with van der Waals surface area (Å²) in [7, 11) is -3.52. The summed E-state index contributed by atoms with van der Waals surface area (Å²) in [5.74, 6) is 0.371. The fraction of sp³-hybridized carbons (Fsp3) is 0.625. The first-order valence-electron chi connectivity index (χ1n) is 8.08. The number of hydrogen-bond acceptors (Lipinski definition) is 3. The highest BCUT2D eigenvalue weighted by Gasteiger charge is 2.30. The fourth-order valence-electron chi connectivity index (χ4n) is 3.12. The Labute approximate surface area is 146 Å². The molecule has 2 rings (SSSR count). The van der Waals surface area contributed by atoms with Crippen LogP contribution in [0.3, 0.4) is 0 Å². The summed E-state index contributed by atoms with van der Waals surface area (Å²) in [5.41, 5.74) is 6.79. The minimum Gasteiger partial charge on any atom is -0.329 e. The topological polar surface area (TPSA) is 75.4 Å². The van der Waals surface area contributed by atoms with Gasteiger partial charge in [-0.15, -0.1) is 12.4 Å². The summed E-state index contributed by atoms with van der Waals surface area (Å²) in [5, 5.41) is 0. The molecule has 1 fully saturated rings. The van der Waals surface area contributed by atoms with E-state index in [1.807, 2.05) is 37.3 Å². The van der Waals surface area contributed by atoms with Crippen molar-refractivity contribution >= 4 is 22.6 Å². The Hall–Kier alpha value is -0.660. The van der Waals surface area contributed by atoms with Crippen molar-refractivity contribution in [3.63, 3.8) is 0 Å². The predicted octanol–water partition coefficient (Wildman–Crippen LogP) is 2.28. The van der Waals surface area contributed by atoms with Crippen molar-refractivity contribution in [2.75, 3.05) is 13.1 Å². The van der Waals surface area contributed by atoms with Crippen LogP contribution in [0, 0.1) is 5.92 Å². The van der Waals surface area contributed by atoms with Crippen LogP contribution < -0.4 is 10.5 Å². The molecule has 1 aliphatic rings. The van der Waals surface area contributed by atoms with E-state index in [1.54, 1.807) is 0 Å². The third kappa shape index (κ3) is 5.72. The Balaban J connectivity index is 0.00000264. The Kier molecular flexibility index (Phi) is 8.50. The van der Waals surface area contributed by atoms with Crippen molar-refractivity contribution in [2.24, 2.45) is 11.7 Å². The van der Waals surface area contributed by atoms with E-state index in [1.165, 1.54) is 17.1 Å². The molecule has 0 spiro atoms. The third-order valence-electron chi connectivity index (χ3n) is 4.42. The highest BCUT2D eigenvalue weighted by molar-refractivity contribution is 7.87. The van der Waals surface area contributed by atoms with Gasteiger partial charge in [0.1, 0.15) is 0 Å². The number of rotatable bonds is 8. The molecule has 1 aromatic carbocycles. The first-order valence-corrected chi connectivity index (χ1v) is 9.52. The summed E-state index contributed by atoms with van der Waals surface area (Å²) in [4.78, 5) is 0. The van der Waals surface area contributed by atoms with Crippen LogP contribution in [0.5, 0.6) is 0 Å². The molecule has 7 heteroatoms. The average molecular weight is 362 g/mol. The lowest BCUT2D eigenvalue weighted by Crippen LogP contribution is -2.50. The molecule has 0 aliphatic heterocycles. The van der Waals surface area contributed by atoms with Crippen LogP contribution in [-0.2, 0) is 16.8 Å². The normalized spacial score (nSPS) is 17.2. The van der Waals surface area contributed by atoms with Crippen molar-refractivity contribution < 1.29 is 8.42 Å². The zero-order valence-corrected chi connectivity index (χ0v) is 15.3. The van der Waals surface area contributed by atoms with Crippen LogP contribution in [0.1, 0.15) is 38.2 Å². The monoisotopic (exact) mass is 361 g/mol. The number of halogens is 1. The zero-order chi connectivity index (χ0) is 16.0. The van der Waals surface area contributed by atoms with Gasteiger partial charge in [-0.25, -0.2) is 0 Å². The van der Waals surface area contributed by atoms with Crippen molar-refractivity contribution in [1.82, 2.24) is 9.03 Å². The molecule has 0 aromatic heterocycles. The largest absolute Gasteiger partial charge is 0.329 e. The molecule has 0 radical (unpaired) electrons. The highest BCUT2D eigenvalue weighted by Crippen LogP contribution is 2.28. The van der Waals surface area contributed by atoms with E-state index in [9.17, 15) is 8.42 Å².